The number of hydrogen-bond donors (Lipinski definition) is 1. The molecule has 1 aromatic carbocycles. The number of likely N-dealkylation sites (N-methyl/N-ethyl adjacent to an activating group) is 1. The van der Waals surface area contributed by atoms with Gasteiger partial charge in [-0.2, -0.15) is 0 Å². The Morgan fingerprint density at radius 3 is 2.60 bits per heavy atom. The molecule has 0 saturated carbocycles. The van der Waals surface area contributed by atoms with Gasteiger partial charge < -0.3 is 10.2 Å². The lowest BCUT2D eigenvalue weighted by molar-refractivity contribution is -0.384. The molecule has 0 aliphatic heterocycles. The first kappa shape index (κ1) is 16.4. The van der Waals surface area contributed by atoms with Crippen LogP contribution in [0.4, 0.5) is 5.69 Å². The van der Waals surface area contributed by atoms with Crippen LogP contribution in [0.3, 0.4) is 0 Å². The lowest BCUT2D eigenvalue weighted by Gasteiger charge is -2.18. The minimum absolute atomic E-state index is 0.0125. The summed E-state index contributed by atoms with van der Waals surface area (Å²) in [4.78, 5) is 23.7. The van der Waals surface area contributed by atoms with Crippen molar-refractivity contribution in [1.29, 1.82) is 0 Å². The smallest absolute Gasteiger partial charge is 0.288 e. The van der Waals surface area contributed by atoms with Crippen molar-refractivity contribution in [2.45, 2.75) is 20.4 Å². The number of carbonyl (C=O) groups excluding carboxylic acids is 1. The van der Waals surface area contributed by atoms with E-state index in [1.165, 1.54) is 12.1 Å². The van der Waals surface area contributed by atoms with Crippen LogP contribution in [0.1, 0.15) is 19.4 Å². The maximum Gasteiger partial charge on any atom is 0.288 e. The molecule has 0 aliphatic carbocycles. The SMILES string of the molecule is CCN(CC)C(=O)CNCc1ccc(Cl)c([N+](=O)[O-])c1. The van der Waals surface area contributed by atoms with Crippen LogP contribution in [0.2, 0.25) is 5.02 Å². The van der Waals surface area contributed by atoms with Crippen LogP contribution < -0.4 is 5.32 Å². The van der Waals surface area contributed by atoms with Crippen LogP contribution in [0.25, 0.3) is 0 Å². The van der Waals surface area contributed by atoms with Crippen molar-refractivity contribution in [2.24, 2.45) is 0 Å². The summed E-state index contributed by atoms with van der Waals surface area (Å²) >= 11 is 5.73. The van der Waals surface area contributed by atoms with Crippen LogP contribution in [0, 0.1) is 10.1 Å². The van der Waals surface area contributed by atoms with Gasteiger partial charge in [0.15, 0.2) is 0 Å². The maximum atomic E-state index is 11.8. The van der Waals surface area contributed by atoms with Gasteiger partial charge in [-0.05, 0) is 25.5 Å². The topological polar surface area (TPSA) is 75.5 Å². The van der Waals surface area contributed by atoms with Crippen molar-refractivity contribution in [3.8, 4) is 0 Å². The summed E-state index contributed by atoms with van der Waals surface area (Å²) in [7, 11) is 0. The summed E-state index contributed by atoms with van der Waals surface area (Å²) in [6.07, 6.45) is 0. The Labute approximate surface area is 122 Å². The standard InChI is InChI=1S/C13H18ClN3O3/c1-3-16(4-2)13(18)9-15-8-10-5-6-11(14)12(7-10)17(19)20/h5-7,15H,3-4,8-9H2,1-2H3. The van der Waals surface area contributed by atoms with Gasteiger partial charge in [-0.3, -0.25) is 14.9 Å². The Balaban J connectivity index is 2.56. The Bertz CT molecular complexity index is 490. The van der Waals surface area contributed by atoms with E-state index < -0.39 is 4.92 Å². The van der Waals surface area contributed by atoms with Crippen LogP contribution in [0.5, 0.6) is 0 Å². The van der Waals surface area contributed by atoms with Crippen molar-refractivity contribution < 1.29 is 9.72 Å². The Morgan fingerprint density at radius 2 is 2.05 bits per heavy atom. The summed E-state index contributed by atoms with van der Waals surface area (Å²) in [6, 6.07) is 4.60. The van der Waals surface area contributed by atoms with Crippen LogP contribution in [0.15, 0.2) is 18.2 Å². The quantitative estimate of drug-likeness (QED) is 0.618. The highest BCUT2D eigenvalue weighted by Crippen LogP contribution is 2.24. The fourth-order valence-corrected chi connectivity index (χ4v) is 2.00. The fraction of sp³-hybridized carbons (Fsp3) is 0.462. The third-order valence-corrected chi connectivity index (χ3v) is 3.25. The van der Waals surface area contributed by atoms with Gasteiger partial charge in [-0.25, -0.2) is 0 Å². The molecule has 0 aliphatic rings. The number of nitro groups is 1. The largest absolute Gasteiger partial charge is 0.342 e. The summed E-state index contributed by atoms with van der Waals surface area (Å²) < 4.78 is 0. The van der Waals surface area contributed by atoms with Crippen molar-refractivity contribution in [3.63, 3.8) is 0 Å². The molecule has 0 radical (unpaired) electrons. The van der Waals surface area contributed by atoms with E-state index in [-0.39, 0.29) is 23.2 Å². The second kappa shape index (κ2) is 7.81. The van der Waals surface area contributed by atoms with Crippen molar-refractivity contribution in [3.05, 3.63) is 38.9 Å². The van der Waals surface area contributed by atoms with Gasteiger partial charge in [-0.1, -0.05) is 17.7 Å². The first-order chi connectivity index (χ1) is 9.49. The second-order valence-corrected chi connectivity index (χ2v) is 4.62. The van der Waals surface area contributed by atoms with Gasteiger partial charge >= 0.3 is 0 Å². The van der Waals surface area contributed by atoms with Gasteiger partial charge in [0.1, 0.15) is 5.02 Å². The molecule has 0 saturated heterocycles. The predicted molar refractivity (Wildman–Crippen MR) is 77.7 cm³/mol. The number of benzene rings is 1. The third kappa shape index (κ3) is 4.47. The van der Waals surface area contributed by atoms with E-state index in [9.17, 15) is 14.9 Å². The highest BCUT2D eigenvalue weighted by atomic mass is 35.5. The zero-order valence-electron chi connectivity index (χ0n) is 11.6. The van der Waals surface area contributed by atoms with Crippen molar-refractivity contribution >= 4 is 23.2 Å². The second-order valence-electron chi connectivity index (χ2n) is 4.21. The summed E-state index contributed by atoms with van der Waals surface area (Å²) in [6.45, 7) is 5.77. The molecular formula is C13H18ClN3O3. The number of carbonyl (C=O) groups is 1. The Kier molecular flexibility index (Phi) is 6.41. The first-order valence-corrected chi connectivity index (χ1v) is 6.78. The number of hydrogen-bond acceptors (Lipinski definition) is 4. The Morgan fingerprint density at radius 1 is 1.40 bits per heavy atom. The molecule has 1 rings (SSSR count). The van der Waals surface area contributed by atoms with Gasteiger partial charge in [-0.15, -0.1) is 0 Å². The number of nitro benzene ring substituents is 1. The average molecular weight is 300 g/mol. The molecule has 6 nitrogen and oxygen atoms in total. The molecule has 7 heteroatoms. The van der Waals surface area contributed by atoms with Crippen LogP contribution in [-0.2, 0) is 11.3 Å². The molecule has 0 bridgehead atoms. The normalized spacial score (nSPS) is 10.3. The molecule has 110 valence electrons. The number of amides is 1. The first-order valence-electron chi connectivity index (χ1n) is 6.40. The van der Waals surface area contributed by atoms with E-state index in [2.05, 4.69) is 5.32 Å². The third-order valence-electron chi connectivity index (χ3n) is 2.93. The molecule has 0 aromatic heterocycles. The molecule has 0 heterocycles. The van der Waals surface area contributed by atoms with Gasteiger partial charge in [0.25, 0.3) is 5.69 Å². The molecule has 0 spiro atoms. The lowest BCUT2D eigenvalue weighted by Crippen LogP contribution is -2.37. The van der Waals surface area contributed by atoms with E-state index in [1.54, 1.807) is 11.0 Å². The molecule has 0 atom stereocenters. The minimum atomic E-state index is -0.521. The monoisotopic (exact) mass is 299 g/mol. The molecular weight excluding hydrogens is 282 g/mol. The summed E-state index contributed by atoms with van der Waals surface area (Å²) in [5, 5.41) is 13.9. The zero-order valence-corrected chi connectivity index (χ0v) is 12.3. The molecule has 0 unspecified atom stereocenters. The summed E-state index contributed by atoms with van der Waals surface area (Å²) in [5.74, 6) is 0.0125. The highest BCUT2D eigenvalue weighted by Gasteiger charge is 2.13. The van der Waals surface area contributed by atoms with E-state index in [1.807, 2.05) is 13.8 Å². The van der Waals surface area contributed by atoms with Gasteiger partial charge in [0.05, 0.1) is 11.5 Å². The highest BCUT2D eigenvalue weighted by molar-refractivity contribution is 6.32. The van der Waals surface area contributed by atoms with Crippen molar-refractivity contribution in [1.82, 2.24) is 10.2 Å². The summed E-state index contributed by atoms with van der Waals surface area (Å²) in [5.41, 5.74) is 0.592. The number of halogens is 1. The number of nitrogens with zero attached hydrogens (tertiary/aromatic N) is 2. The van der Waals surface area contributed by atoms with E-state index in [4.69, 9.17) is 11.6 Å². The Hall–Kier alpha value is -1.66. The van der Waals surface area contributed by atoms with Crippen molar-refractivity contribution in [2.75, 3.05) is 19.6 Å². The zero-order chi connectivity index (χ0) is 15.1. The van der Waals surface area contributed by atoms with Crippen LogP contribution in [-0.4, -0.2) is 35.4 Å². The fourth-order valence-electron chi connectivity index (χ4n) is 1.81. The molecule has 1 N–H and O–H groups in total. The number of rotatable bonds is 7. The van der Waals surface area contributed by atoms with E-state index >= 15 is 0 Å². The maximum absolute atomic E-state index is 11.8. The van der Waals surface area contributed by atoms with Gasteiger partial charge in [0.2, 0.25) is 5.91 Å². The lowest BCUT2D eigenvalue weighted by atomic mass is 10.2. The van der Waals surface area contributed by atoms with E-state index in [0.717, 1.165) is 0 Å². The predicted octanol–water partition coefficient (Wildman–Crippen LogP) is 2.21. The molecule has 20 heavy (non-hydrogen) atoms. The van der Waals surface area contributed by atoms with Gasteiger partial charge in [0, 0.05) is 25.7 Å². The minimum Gasteiger partial charge on any atom is -0.342 e. The molecule has 0 fully saturated rings. The molecule has 1 amide bonds. The van der Waals surface area contributed by atoms with E-state index in [0.29, 0.717) is 25.2 Å². The number of nitrogens with one attached hydrogen (secondary N) is 1. The molecule has 1 aromatic rings. The van der Waals surface area contributed by atoms with Crippen LogP contribution >= 0.6 is 11.6 Å². The average Bonchev–Trinajstić information content (AvgIpc) is 2.41.